The molecular weight excluding hydrogens is 256 g/mol. The number of nitrogens with zero attached hydrogens (tertiary/aromatic N) is 1. The van der Waals surface area contributed by atoms with Crippen LogP contribution in [0.25, 0.3) is 0 Å². The minimum Gasteiger partial charge on any atom is -0.315 e. The van der Waals surface area contributed by atoms with Gasteiger partial charge in [-0.2, -0.15) is 0 Å². The van der Waals surface area contributed by atoms with Gasteiger partial charge >= 0.3 is 0 Å². The molecule has 1 atom stereocenters. The first-order chi connectivity index (χ1) is 10.0. The molecule has 0 aliphatic carbocycles. The van der Waals surface area contributed by atoms with E-state index < -0.39 is 0 Å². The maximum atomic E-state index is 3.57. The van der Waals surface area contributed by atoms with Crippen molar-refractivity contribution in [3.63, 3.8) is 0 Å². The molecule has 0 saturated heterocycles. The number of hydrogen-bond acceptors (Lipinski definition) is 2. The van der Waals surface area contributed by atoms with E-state index in [0.717, 1.165) is 13.1 Å². The number of unbranched alkanes of at least 4 members (excludes halogenated alkanes) is 7. The summed E-state index contributed by atoms with van der Waals surface area (Å²) < 4.78 is 0. The summed E-state index contributed by atoms with van der Waals surface area (Å²) in [6, 6.07) is 0.595. The van der Waals surface area contributed by atoms with E-state index in [4.69, 9.17) is 0 Å². The molecule has 21 heavy (non-hydrogen) atoms. The second kappa shape index (κ2) is 12.5. The van der Waals surface area contributed by atoms with Gasteiger partial charge in [0.25, 0.3) is 0 Å². The number of rotatable bonds is 14. The van der Waals surface area contributed by atoms with E-state index in [0.29, 0.717) is 6.04 Å². The van der Waals surface area contributed by atoms with E-state index >= 15 is 0 Å². The Balaban J connectivity index is 3.93. The van der Waals surface area contributed by atoms with Crippen molar-refractivity contribution in [1.82, 2.24) is 10.2 Å². The van der Waals surface area contributed by atoms with E-state index in [1.807, 2.05) is 0 Å². The molecule has 0 fully saturated rings. The van der Waals surface area contributed by atoms with Crippen molar-refractivity contribution in [2.45, 2.75) is 104 Å². The third-order valence-corrected chi connectivity index (χ3v) is 5.13. The van der Waals surface area contributed by atoms with E-state index in [2.05, 4.69) is 51.9 Å². The monoisotopic (exact) mass is 298 g/mol. The third-order valence-electron chi connectivity index (χ3n) is 5.13. The summed E-state index contributed by atoms with van der Waals surface area (Å²) >= 11 is 0. The summed E-state index contributed by atoms with van der Waals surface area (Å²) in [7, 11) is 2.13. The number of likely N-dealkylation sites (N-methyl/N-ethyl adjacent to an activating group) is 2. The molecule has 0 radical (unpaired) electrons. The van der Waals surface area contributed by atoms with E-state index in [-0.39, 0.29) is 5.54 Å². The SMILES string of the molecule is CCCCCCCCCCC(NC)C(C)(C)N(CC)CC. The fourth-order valence-corrected chi connectivity index (χ4v) is 3.59. The molecule has 0 aromatic heterocycles. The molecule has 0 aromatic carbocycles. The highest BCUT2D eigenvalue weighted by molar-refractivity contribution is 4.92. The van der Waals surface area contributed by atoms with Crippen LogP contribution in [0.4, 0.5) is 0 Å². The van der Waals surface area contributed by atoms with E-state index in [1.165, 1.54) is 57.8 Å². The summed E-state index contributed by atoms with van der Waals surface area (Å²) in [6.07, 6.45) is 12.6. The first-order valence-electron chi connectivity index (χ1n) is 9.46. The summed E-state index contributed by atoms with van der Waals surface area (Å²) in [5.74, 6) is 0. The van der Waals surface area contributed by atoms with Crippen molar-refractivity contribution in [3.8, 4) is 0 Å². The van der Waals surface area contributed by atoms with Crippen LogP contribution < -0.4 is 5.32 Å². The highest BCUT2D eigenvalue weighted by Gasteiger charge is 2.32. The maximum absolute atomic E-state index is 3.57. The summed E-state index contributed by atoms with van der Waals surface area (Å²) in [4.78, 5) is 2.58. The quantitative estimate of drug-likeness (QED) is 0.442. The van der Waals surface area contributed by atoms with E-state index in [9.17, 15) is 0 Å². The average molecular weight is 299 g/mol. The van der Waals surface area contributed by atoms with Crippen molar-refractivity contribution in [3.05, 3.63) is 0 Å². The van der Waals surface area contributed by atoms with Gasteiger partial charge in [-0.05, 0) is 40.4 Å². The molecule has 0 aromatic rings. The molecule has 0 rings (SSSR count). The van der Waals surface area contributed by atoms with Gasteiger partial charge in [0.1, 0.15) is 0 Å². The molecular formula is C19H42N2. The molecule has 128 valence electrons. The standard InChI is InChI=1S/C19H42N2/c1-7-10-11-12-13-14-15-16-17-18(20-6)19(4,5)21(8-2)9-3/h18,20H,7-17H2,1-6H3. The molecule has 1 N–H and O–H groups in total. The van der Waals surface area contributed by atoms with Crippen LogP contribution in [0.1, 0.15) is 92.4 Å². The Bertz CT molecular complexity index is 222. The predicted octanol–water partition coefficient (Wildman–Crippen LogP) is 5.23. The van der Waals surface area contributed by atoms with Gasteiger partial charge in [0, 0.05) is 11.6 Å². The molecule has 2 nitrogen and oxygen atoms in total. The largest absolute Gasteiger partial charge is 0.315 e. The van der Waals surface area contributed by atoms with Crippen molar-refractivity contribution in [2.24, 2.45) is 0 Å². The van der Waals surface area contributed by atoms with Gasteiger partial charge in [-0.1, -0.05) is 72.1 Å². The van der Waals surface area contributed by atoms with Crippen molar-refractivity contribution >= 4 is 0 Å². The van der Waals surface area contributed by atoms with Gasteiger partial charge in [-0.15, -0.1) is 0 Å². The van der Waals surface area contributed by atoms with Gasteiger partial charge in [0.2, 0.25) is 0 Å². The first kappa shape index (κ1) is 20.9. The van der Waals surface area contributed by atoms with E-state index in [1.54, 1.807) is 0 Å². The zero-order valence-electron chi connectivity index (χ0n) is 15.8. The fourth-order valence-electron chi connectivity index (χ4n) is 3.59. The van der Waals surface area contributed by atoms with Crippen LogP contribution in [0.2, 0.25) is 0 Å². The summed E-state index contributed by atoms with van der Waals surface area (Å²) in [5.41, 5.74) is 0.249. The molecule has 0 heterocycles. The third kappa shape index (κ3) is 8.21. The Morgan fingerprint density at radius 1 is 0.810 bits per heavy atom. The zero-order chi connectivity index (χ0) is 16.1. The Kier molecular flexibility index (Phi) is 12.4. The summed E-state index contributed by atoms with van der Waals surface area (Å²) in [5, 5.41) is 3.57. The predicted molar refractivity (Wildman–Crippen MR) is 97.1 cm³/mol. The highest BCUT2D eigenvalue weighted by Crippen LogP contribution is 2.23. The van der Waals surface area contributed by atoms with Crippen LogP contribution in [0.15, 0.2) is 0 Å². The van der Waals surface area contributed by atoms with Crippen LogP contribution in [0, 0.1) is 0 Å². The van der Waals surface area contributed by atoms with Crippen LogP contribution in [-0.2, 0) is 0 Å². The second-order valence-corrected chi connectivity index (χ2v) is 6.93. The molecule has 0 aliphatic heterocycles. The second-order valence-electron chi connectivity index (χ2n) is 6.93. The van der Waals surface area contributed by atoms with Crippen LogP contribution in [0.3, 0.4) is 0 Å². The van der Waals surface area contributed by atoms with Gasteiger partial charge in [-0.3, -0.25) is 4.90 Å². The lowest BCUT2D eigenvalue weighted by molar-refractivity contribution is 0.0895. The molecule has 0 aliphatic rings. The minimum atomic E-state index is 0.249. The molecule has 2 heteroatoms. The zero-order valence-corrected chi connectivity index (χ0v) is 15.8. The average Bonchev–Trinajstić information content (AvgIpc) is 2.46. The fraction of sp³-hybridized carbons (Fsp3) is 1.00. The van der Waals surface area contributed by atoms with Crippen molar-refractivity contribution < 1.29 is 0 Å². The number of hydrogen-bond donors (Lipinski definition) is 1. The summed E-state index contributed by atoms with van der Waals surface area (Å²) in [6.45, 7) is 13.9. The number of nitrogens with one attached hydrogen (secondary N) is 1. The lowest BCUT2D eigenvalue weighted by Gasteiger charge is -2.43. The van der Waals surface area contributed by atoms with Crippen molar-refractivity contribution in [2.75, 3.05) is 20.1 Å². The highest BCUT2D eigenvalue weighted by atomic mass is 15.2. The molecule has 0 spiro atoms. The lowest BCUT2D eigenvalue weighted by Crippen LogP contribution is -2.56. The minimum absolute atomic E-state index is 0.249. The van der Waals surface area contributed by atoms with Crippen LogP contribution >= 0.6 is 0 Å². The Morgan fingerprint density at radius 2 is 1.29 bits per heavy atom. The normalized spacial score (nSPS) is 13.9. The molecule has 0 bridgehead atoms. The molecule has 0 saturated carbocycles. The van der Waals surface area contributed by atoms with Crippen molar-refractivity contribution in [1.29, 1.82) is 0 Å². The van der Waals surface area contributed by atoms with Gasteiger partial charge in [0.15, 0.2) is 0 Å². The first-order valence-corrected chi connectivity index (χ1v) is 9.46. The van der Waals surface area contributed by atoms with Crippen LogP contribution in [-0.4, -0.2) is 36.6 Å². The molecule has 0 amide bonds. The lowest BCUT2D eigenvalue weighted by atomic mass is 9.88. The van der Waals surface area contributed by atoms with Gasteiger partial charge in [-0.25, -0.2) is 0 Å². The smallest absolute Gasteiger partial charge is 0.0305 e. The Labute approximate surface area is 135 Å². The topological polar surface area (TPSA) is 15.3 Å². The maximum Gasteiger partial charge on any atom is 0.0305 e. The Morgan fingerprint density at radius 3 is 1.71 bits per heavy atom. The molecule has 1 unspecified atom stereocenters. The van der Waals surface area contributed by atoms with Gasteiger partial charge in [0.05, 0.1) is 0 Å². The Hall–Kier alpha value is -0.0800. The van der Waals surface area contributed by atoms with Gasteiger partial charge < -0.3 is 5.32 Å². The van der Waals surface area contributed by atoms with Crippen LogP contribution in [0.5, 0.6) is 0 Å².